The van der Waals surface area contributed by atoms with E-state index in [1.807, 2.05) is 23.1 Å². The predicted octanol–water partition coefficient (Wildman–Crippen LogP) is 2.57. The summed E-state index contributed by atoms with van der Waals surface area (Å²) < 4.78 is 0.866. The number of piperidine rings is 1. The van der Waals surface area contributed by atoms with Crippen LogP contribution < -0.4 is 0 Å². The van der Waals surface area contributed by atoms with E-state index in [0.29, 0.717) is 5.92 Å². The van der Waals surface area contributed by atoms with Gasteiger partial charge in [0.25, 0.3) is 0 Å². The van der Waals surface area contributed by atoms with Crippen molar-refractivity contribution in [2.24, 2.45) is 0 Å². The zero-order chi connectivity index (χ0) is 11.5. The lowest BCUT2D eigenvalue weighted by Crippen LogP contribution is -2.37. The number of pyridine rings is 1. The smallest absolute Gasteiger partial charge is 0.219 e. The number of nitrogens with zero attached hydrogens (tertiary/aromatic N) is 2. The van der Waals surface area contributed by atoms with Gasteiger partial charge in [0.15, 0.2) is 0 Å². The fourth-order valence-corrected chi connectivity index (χ4v) is 2.51. The van der Waals surface area contributed by atoms with Crippen molar-refractivity contribution >= 4 is 21.8 Å². The van der Waals surface area contributed by atoms with Gasteiger partial charge in [-0.1, -0.05) is 6.07 Å². The highest BCUT2D eigenvalue weighted by Gasteiger charge is 2.23. The molecular formula is C12H15BrN2O. The Morgan fingerprint density at radius 2 is 2.38 bits per heavy atom. The van der Waals surface area contributed by atoms with E-state index in [-0.39, 0.29) is 5.91 Å². The fraction of sp³-hybridized carbons (Fsp3) is 0.500. The number of carbonyl (C=O) groups excluding carboxylic acids is 1. The Balaban J connectivity index is 2.12. The van der Waals surface area contributed by atoms with Gasteiger partial charge < -0.3 is 4.90 Å². The Bertz CT molecular complexity index is 394. The molecule has 0 radical (unpaired) electrons. The molecule has 1 aromatic heterocycles. The highest BCUT2D eigenvalue weighted by molar-refractivity contribution is 9.10. The Labute approximate surface area is 104 Å². The minimum atomic E-state index is 0.166. The van der Waals surface area contributed by atoms with Crippen LogP contribution in [0.4, 0.5) is 0 Å². The minimum absolute atomic E-state index is 0.166. The summed E-state index contributed by atoms with van der Waals surface area (Å²) in [6.07, 6.45) is 2.19. The first-order chi connectivity index (χ1) is 7.66. The van der Waals surface area contributed by atoms with Crippen LogP contribution in [-0.2, 0) is 4.79 Å². The number of carbonyl (C=O) groups is 1. The van der Waals surface area contributed by atoms with Crippen LogP contribution in [0.1, 0.15) is 31.4 Å². The van der Waals surface area contributed by atoms with Crippen molar-refractivity contribution in [3.05, 3.63) is 28.5 Å². The number of halogens is 1. The van der Waals surface area contributed by atoms with Crippen LogP contribution in [0.15, 0.2) is 22.8 Å². The maximum Gasteiger partial charge on any atom is 0.219 e. The molecule has 1 aliphatic rings. The van der Waals surface area contributed by atoms with Crippen LogP contribution >= 0.6 is 15.9 Å². The molecule has 0 spiro atoms. The number of hydrogen-bond acceptors (Lipinski definition) is 2. The quantitative estimate of drug-likeness (QED) is 0.742. The van der Waals surface area contributed by atoms with Gasteiger partial charge in [-0.2, -0.15) is 0 Å². The Morgan fingerprint density at radius 3 is 3.06 bits per heavy atom. The lowest BCUT2D eigenvalue weighted by molar-refractivity contribution is -0.130. The molecule has 4 heteroatoms. The third-order valence-electron chi connectivity index (χ3n) is 3.02. The third-order valence-corrected chi connectivity index (χ3v) is 3.46. The van der Waals surface area contributed by atoms with Crippen molar-refractivity contribution in [1.82, 2.24) is 9.88 Å². The first kappa shape index (κ1) is 11.6. The van der Waals surface area contributed by atoms with Gasteiger partial charge in [0.2, 0.25) is 5.91 Å². The van der Waals surface area contributed by atoms with Gasteiger partial charge in [-0.15, -0.1) is 0 Å². The highest BCUT2D eigenvalue weighted by Crippen LogP contribution is 2.26. The molecule has 2 rings (SSSR count). The van der Waals surface area contributed by atoms with Crippen molar-refractivity contribution in [3.8, 4) is 0 Å². The van der Waals surface area contributed by atoms with Crippen LogP contribution in [0.2, 0.25) is 0 Å². The molecular weight excluding hydrogens is 268 g/mol. The molecule has 16 heavy (non-hydrogen) atoms. The Kier molecular flexibility index (Phi) is 3.59. The lowest BCUT2D eigenvalue weighted by atomic mass is 9.94. The molecule has 0 bridgehead atoms. The molecule has 3 nitrogen and oxygen atoms in total. The van der Waals surface area contributed by atoms with Gasteiger partial charge in [0.1, 0.15) is 4.60 Å². The number of amides is 1. The van der Waals surface area contributed by atoms with Crippen LogP contribution in [-0.4, -0.2) is 28.9 Å². The third kappa shape index (κ3) is 2.61. The summed E-state index contributed by atoms with van der Waals surface area (Å²) in [5.74, 6) is 0.551. The van der Waals surface area contributed by atoms with Gasteiger partial charge in [0.05, 0.1) is 0 Å². The normalized spacial score (nSPS) is 20.9. The predicted molar refractivity (Wildman–Crippen MR) is 66.2 cm³/mol. The zero-order valence-electron chi connectivity index (χ0n) is 9.32. The van der Waals surface area contributed by atoms with Crippen LogP contribution in [0.5, 0.6) is 0 Å². The van der Waals surface area contributed by atoms with E-state index in [1.165, 1.54) is 0 Å². The number of hydrogen-bond donors (Lipinski definition) is 0. The van der Waals surface area contributed by atoms with Crippen LogP contribution in [0.3, 0.4) is 0 Å². The summed E-state index contributed by atoms with van der Waals surface area (Å²) in [4.78, 5) is 17.7. The highest BCUT2D eigenvalue weighted by atomic mass is 79.9. The summed E-state index contributed by atoms with van der Waals surface area (Å²) in [5.41, 5.74) is 1.08. The first-order valence-electron chi connectivity index (χ1n) is 5.55. The van der Waals surface area contributed by atoms with Crippen molar-refractivity contribution < 1.29 is 4.79 Å². The zero-order valence-corrected chi connectivity index (χ0v) is 10.9. The molecule has 2 heterocycles. The van der Waals surface area contributed by atoms with Crippen molar-refractivity contribution in [2.45, 2.75) is 25.7 Å². The molecule has 1 atom stereocenters. The second kappa shape index (κ2) is 4.95. The van der Waals surface area contributed by atoms with E-state index in [0.717, 1.165) is 36.2 Å². The second-order valence-corrected chi connectivity index (χ2v) is 5.00. The molecule has 1 saturated heterocycles. The molecule has 86 valence electrons. The van der Waals surface area contributed by atoms with Crippen LogP contribution in [0, 0.1) is 0 Å². The number of aromatic nitrogens is 1. The van der Waals surface area contributed by atoms with E-state index >= 15 is 0 Å². The molecule has 0 saturated carbocycles. The molecule has 0 aromatic carbocycles. The number of likely N-dealkylation sites (tertiary alicyclic amines) is 1. The first-order valence-corrected chi connectivity index (χ1v) is 6.34. The molecule has 1 amide bonds. The SMILES string of the molecule is CC(=O)N1CCC[C@@H](c2cccc(Br)n2)C1. The largest absolute Gasteiger partial charge is 0.342 e. The molecule has 0 unspecified atom stereocenters. The lowest BCUT2D eigenvalue weighted by Gasteiger charge is -2.31. The molecule has 0 aliphatic carbocycles. The summed E-state index contributed by atoms with van der Waals surface area (Å²) >= 11 is 3.38. The summed E-state index contributed by atoms with van der Waals surface area (Å²) in [5, 5.41) is 0. The molecule has 1 aromatic rings. The maximum absolute atomic E-state index is 11.3. The van der Waals surface area contributed by atoms with E-state index in [4.69, 9.17) is 0 Å². The summed E-state index contributed by atoms with van der Waals surface area (Å²) in [6, 6.07) is 5.97. The van der Waals surface area contributed by atoms with Crippen molar-refractivity contribution in [2.75, 3.05) is 13.1 Å². The van der Waals surface area contributed by atoms with Gasteiger partial charge in [-0.05, 0) is 40.9 Å². The van der Waals surface area contributed by atoms with E-state index in [9.17, 15) is 4.79 Å². The topological polar surface area (TPSA) is 33.2 Å². The maximum atomic E-state index is 11.3. The Morgan fingerprint density at radius 1 is 1.56 bits per heavy atom. The van der Waals surface area contributed by atoms with E-state index < -0.39 is 0 Å². The molecule has 1 fully saturated rings. The Hall–Kier alpha value is -0.900. The van der Waals surface area contributed by atoms with Gasteiger partial charge in [0, 0.05) is 31.6 Å². The number of rotatable bonds is 1. The monoisotopic (exact) mass is 282 g/mol. The van der Waals surface area contributed by atoms with Crippen molar-refractivity contribution in [3.63, 3.8) is 0 Å². The second-order valence-electron chi connectivity index (χ2n) is 4.19. The van der Waals surface area contributed by atoms with Gasteiger partial charge >= 0.3 is 0 Å². The van der Waals surface area contributed by atoms with Crippen molar-refractivity contribution in [1.29, 1.82) is 0 Å². The summed E-state index contributed by atoms with van der Waals surface area (Å²) in [6.45, 7) is 3.33. The minimum Gasteiger partial charge on any atom is -0.342 e. The van der Waals surface area contributed by atoms with Gasteiger partial charge in [-0.3, -0.25) is 4.79 Å². The summed E-state index contributed by atoms with van der Waals surface area (Å²) in [7, 11) is 0. The fourth-order valence-electron chi connectivity index (χ4n) is 2.16. The van der Waals surface area contributed by atoms with Gasteiger partial charge in [-0.25, -0.2) is 4.98 Å². The average Bonchev–Trinajstić information content (AvgIpc) is 2.29. The molecule has 1 aliphatic heterocycles. The average molecular weight is 283 g/mol. The van der Waals surface area contributed by atoms with Crippen LogP contribution in [0.25, 0.3) is 0 Å². The standard InChI is InChI=1S/C12H15BrN2O/c1-9(16)15-7-3-4-10(8-15)11-5-2-6-12(13)14-11/h2,5-6,10H,3-4,7-8H2,1H3/t10-/m1/s1. The molecule has 0 N–H and O–H groups in total. The van der Waals surface area contributed by atoms with E-state index in [2.05, 4.69) is 20.9 Å². The van der Waals surface area contributed by atoms with E-state index in [1.54, 1.807) is 6.92 Å².